The second-order valence-electron chi connectivity index (χ2n) is 4.84. The summed E-state index contributed by atoms with van der Waals surface area (Å²) in [6.45, 7) is 2.10. The molecule has 0 spiro atoms. The lowest BCUT2D eigenvalue weighted by atomic mass is 10.0. The molecular formula is C18H16N2O. The first-order valence-electron chi connectivity index (χ1n) is 7.02. The number of ketones is 1. The molecule has 0 fully saturated rings. The number of aromatic nitrogens is 2. The lowest BCUT2D eigenvalue weighted by Crippen LogP contribution is -2.10. The van der Waals surface area contributed by atoms with Crippen molar-refractivity contribution in [1.29, 1.82) is 0 Å². The molecule has 104 valence electrons. The van der Waals surface area contributed by atoms with Crippen LogP contribution in [0, 0.1) is 0 Å². The molecule has 0 amide bonds. The Morgan fingerprint density at radius 3 is 2.38 bits per heavy atom. The van der Waals surface area contributed by atoms with E-state index in [1.54, 1.807) is 16.9 Å². The van der Waals surface area contributed by atoms with Crippen molar-refractivity contribution in [2.75, 3.05) is 0 Å². The summed E-state index contributed by atoms with van der Waals surface area (Å²) in [5.41, 5.74) is 3.37. The van der Waals surface area contributed by atoms with Crippen LogP contribution in [0.2, 0.25) is 0 Å². The maximum atomic E-state index is 12.6. The molecule has 2 aromatic carbocycles. The molecule has 3 rings (SSSR count). The zero-order valence-corrected chi connectivity index (χ0v) is 11.9. The van der Waals surface area contributed by atoms with Crippen LogP contribution in [0.4, 0.5) is 0 Å². The van der Waals surface area contributed by atoms with E-state index in [4.69, 9.17) is 0 Å². The van der Waals surface area contributed by atoms with E-state index < -0.39 is 0 Å². The smallest absolute Gasteiger partial charge is 0.211 e. The first-order valence-corrected chi connectivity index (χ1v) is 7.02. The molecule has 0 radical (unpaired) electrons. The van der Waals surface area contributed by atoms with Gasteiger partial charge in [-0.05, 0) is 30.2 Å². The zero-order chi connectivity index (χ0) is 14.7. The third-order valence-corrected chi connectivity index (χ3v) is 3.50. The van der Waals surface area contributed by atoms with E-state index in [0.717, 1.165) is 12.1 Å². The summed E-state index contributed by atoms with van der Waals surface area (Å²) in [4.78, 5) is 12.6. The van der Waals surface area contributed by atoms with Crippen molar-refractivity contribution in [3.8, 4) is 5.69 Å². The molecule has 0 atom stereocenters. The Bertz CT molecular complexity index is 742. The monoisotopic (exact) mass is 276 g/mol. The van der Waals surface area contributed by atoms with Crippen LogP contribution in [0.3, 0.4) is 0 Å². The highest BCUT2D eigenvalue weighted by molar-refractivity contribution is 6.08. The lowest BCUT2D eigenvalue weighted by Gasteiger charge is -2.07. The van der Waals surface area contributed by atoms with Gasteiger partial charge in [-0.25, -0.2) is 4.68 Å². The normalized spacial score (nSPS) is 10.5. The molecule has 0 aliphatic heterocycles. The minimum Gasteiger partial charge on any atom is -0.287 e. The Balaban J connectivity index is 1.97. The van der Waals surface area contributed by atoms with Crippen LogP contribution < -0.4 is 0 Å². The van der Waals surface area contributed by atoms with Crippen molar-refractivity contribution >= 4 is 5.78 Å². The molecule has 0 bridgehead atoms. The van der Waals surface area contributed by atoms with Gasteiger partial charge in [0.15, 0.2) is 0 Å². The molecule has 3 heteroatoms. The third kappa shape index (κ3) is 2.63. The maximum Gasteiger partial charge on any atom is 0.211 e. The number of hydrogen-bond acceptors (Lipinski definition) is 2. The van der Waals surface area contributed by atoms with Crippen molar-refractivity contribution in [3.05, 3.63) is 83.7 Å². The van der Waals surface area contributed by atoms with E-state index in [0.29, 0.717) is 11.3 Å². The number of carbonyl (C=O) groups excluding carboxylic acids is 1. The fourth-order valence-electron chi connectivity index (χ4n) is 2.29. The molecule has 0 unspecified atom stereocenters. The third-order valence-electron chi connectivity index (χ3n) is 3.50. The van der Waals surface area contributed by atoms with Gasteiger partial charge >= 0.3 is 0 Å². The summed E-state index contributed by atoms with van der Waals surface area (Å²) >= 11 is 0. The van der Waals surface area contributed by atoms with Crippen molar-refractivity contribution < 1.29 is 4.79 Å². The topological polar surface area (TPSA) is 34.9 Å². The van der Waals surface area contributed by atoms with Gasteiger partial charge in [-0.1, -0.05) is 49.4 Å². The highest BCUT2D eigenvalue weighted by atomic mass is 16.1. The Morgan fingerprint density at radius 1 is 1.00 bits per heavy atom. The van der Waals surface area contributed by atoms with Crippen molar-refractivity contribution in [1.82, 2.24) is 9.78 Å². The van der Waals surface area contributed by atoms with Gasteiger partial charge in [0.1, 0.15) is 5.69 Å². The maximum absolute atomic E-state index is 12.6. The number of carbonyl (C=O) groups is 1. The lowest BCUT2D eigenvalue weighted by molar-refractivity contribution is 0.103. The predicted octanol–water partition coefficient (Wildman–Crippen LogP) is 3.67. The highest BCUT2D eigenvalue weighted by Crippen LogP contribution is 2.15. The van der Waals surface area contributed by atoms with Crippen LogP contribution in [-0.4, -0.2) is 15.6 Å². The van der Waals surface area contributed by atoms with Crippen LogP contribution in [0.5, 0.6) is 0 Å². The second kappa shape index (κ2) is 5.75. The van der Waals surface area contributed by atoms with E-state index in [9.17, 15) is 4.79 Å². The fraction of sp³-hybridized carbons (Fsp3) is 0.111. The summed E-state index contributed by atoms with van der Waals surface area (Å²) in [5, 5.41) is 4.26. The molecule has 3 aromatic rings. The minimum absolute atomic E-state index is 0.0148. The van der Waals surface area contributed by atoms with Gasteiger partial charge < -0.3 is 0 Å². The Kier molecular flexibility index (Phi) is 3.65. The van der Waals surface area contributed by atoms with Gasteiger partial charge in [-0.2, -0.15) is 5.10 Å². The number of nitrogens with zero attached hydrogens (tertiary/aromatic N) is 2. The van der Waals surface area contributed by atoms with Crippen molar-refractivity contribution in [3.63, 3.8) is 0 Å². The molecule has 0 N–H and O–H groups in total. The molecule has 21 heavy (non-hydrogen) atoms. The largest absolute Gasteiger partial charge is 0.287 e. The highest BCUT2D eigenvalue weighted by Gasteiger charge is 2.15. The van der Waals surface area contributed by atoms with Gasteiger partial charge in [-0.15, -0.1) is 0 Å². The summed E-state index contributed by atoms with van der Waals surface area (Å²) < 4.78 is 1.68. The number of benzene rings is 2. The summed E-state index contributed by atoms with van der Waals surface area (Å²) in [6, 6.07) is 19.2. The molecule has 1 aromatic heterocycles. The SMILES string of the molecule is CCc1ccc(C(=O)c2ccnn2-c2ccccc2)cc1. The molecule has 0 saturated heterocycles. The molecular weight excluding hydrogens is 260 g/mol. The van der Waals surface area contributed by atoms with Crippen LogP contribution in [0.1, 0.15) is 28.5 Å². The number of aryl methyl sites for hydroxylation is 1. The first-order chi connectivity index (χ1) is 10.3. The summed E-state index contributed by atoms with van der Waals surface area (Å²) in [5.74, 6) is -0.0148. The first kappa shape index (κ1) is 13.3. The fourth-order valence-corrected chi connectivity index (χ4v) is 2.29. The number of rotatable bonds is 4. The van der Waals surface area contributed by atoms with Gasteiger partial charge in [0.25, 0.3) is 0 Å². The van der Waals surface area contributed by atoms with Crippen molar-refractivity contribution in [2.24, 2.45) is 0 Å². The average Bonchev–Trinajstić information content (AvgIpc) is 3.04. The average molecular weight is 276 g/mol. The van der Waals surface area contributed by atoms with E-state index in [1.807, 2.05) is 54.6 Å². The molecule has 0 saturated carbocycles. The van der Waals surface area contributed by atoms with Crippen LogP contribution in [-0.2, 0) is 6.42 Å². The standard InChI is InChI=1S/C18H16N2O/c1-2-14-8-10-15(11-9-14)18(21)17-12-13-19-20(17)16-6-4-3-5-7-16/h3-13H,2H2,1H3. The van der Waals surface area contributed by atoms with E-state index in [1.165, 1.54) is 5.56 Å². The Hall–Kier alpha value is -2.68. The Morgan fingerprint density at radius 2 is 1.71 bits per heavy atom. The minimum atomic E-state index is -0.0148. The number of para-hydroxylation sites is 1. The van der Waals surface area contributed by atoms with Gasteiger partial charge in [0.05, 0.1) is 11.9 Å². The van der Waals surface area contributed by atoms with Crippen LogP contribution >= 0.6 is 0 Å². The number of hydrogen-bond donors (Lipinski definition) is 0. The molecule has 0 aliphatic rings. The Labute approximate surface area is 123 Å². The van der Waals surface area contributed by atoms with Crippen molar-refractivity contribution in [2.45, 2.75) is 13.3 Å². The summed E-state index contributed by atoms with van der Waals surface area (Å²) in [6.07, 6.45) is 2.62. The van der Waals surface area contributed by atoms with E-state index in [2.05, 4.69) is 12.0 Å². The van der Waals surface area contributed by atoms with E-state index >= 15 is 0 Å². The molecule has 0 aliphatic carbocycles. The van der Waals surface area contributed by atoms with Crippen LogP contribution in [0.15, 0.2) is 66.9 Å². The van der Waals surface area contributed by atoms with Gasteiger partial charge in [0.2, 0.25) is 5.78 Å². The van der Waals surface area contributed by atoms with Crippen LogP contribution in [0.25, 0.3) is 5.69 Å². The molecule has 1 heterocycles. The van der Waals surface area contributed by atoms with Gasteiger partial charge in [-0.3, -0.25) is 4.79 Å². The summed E-state index contributed by atoms with van der Waals surface area (Å²) in [7, 11) is 0. The quantitative estimate of drug-likeness (QED) is 0.681. The van der Waals surface area contributed by atoms with E-state index in [-0.39, 0.29) is 5.78 Å². The zero-order valence-electron chi connectivity index (χ0n) is 11.9. The van der Waals surface area contributed by atoms with Gasteiger partial charge in [0, 0.05) is 5.56 Å². The second-order valence-corrected chi connectivity index (χ2v) is 4.84. The predicted molar refractivity (Wildman–Crippen MR) is 82.8 cm³/mol. The molecule has 3 nitrogen and oxygen atoms in total.